The van der Waals surface area contributed by atoms with Crippen LogP contribution in [0.5, 0.6) is 5.75 Å². The minimum absolute atomic E-state index is 0.00900. The Hall–Kier alpha value is -1.55. The molecule has 0 saturated carbocycles. The number of fused-ring (bicyclic) bond motifs is 1. The monoisotopic (exact) mass is 276 g/mol. The summed E-state index contributed by atoms with van der Waals surface area (Å²) in [7, 11) is 0. The first-order valence-corrected chi connectivity index (χ1v) is 7.28. The quantitative estimate of drug-likeness (QED) is 0.868. The molecule has 1 aliphatic heterocycles. The standard InChI is InChI=1S/C16H24N2O2/c1-4-16(2,3)17-11-15(19)18-13-9-10-20-14-8-6-5-7-12(13)14/h5-8,13,17H,4,9-11H2,1-3H3,(H,18,19). The van der Waals surface area contributed by atoms with Crippen molar-refractivity contribution >= 4 is 5.91 Å². The Morgan fingerprint density at radius 3 is 2.90 bits per heavy atom. The molecule has 4 heteroatoms. The lowest BCUT2D eigenvalue weighted by atomic mass is 10.0. The molecule has 1 atom stereocenters. The molecule has 110 valence electrons. The lowest BCUT2D eigenvalue weighted by molar-refractivity contribution is -0.121. The molecule has 1 heterocycles. The van der Waals surface area contributed by atoms with Crippen LogP contribution in [0.15, 0.2) is 24.3 Å². The van der Waals surface area contributed by atoms with Crippen LogP contribution in [0.2, 0.25) is 0 Å². The van der Waals surface area contributed by atoms with Gasteiger partial charge in [-0.1, -0.05) is 25.1 Å². The van der Waals surface area contributed by atoms with Gasteiger partial charge in [-0.05, 0) is 26.3 Å². The van der Waals surface area contributed by atoms with Crippen LogP contribution in [0, 0.1) is 0 Å². The molecule has 1 aromatic carbocycles. The van der Waals surface area contributed by atoms with Crippen LogP contribution >= 0.6 is 0 Å². The fourth-order valence-electron chi connectivity index (χ4n) is 2.18. The van der Waals surface area contributed by atoms with Gasteiger partial charge in [0, 0.05) is 17.5 Å². The van der Waals surface area contributed by atoms with E-state index in [2.05, 4.69) is 31.4 Å². The van der Waals surface area contributed by atoms with Crippen molar-refractivity contribution in [2.24, 2.45) is 0 Å². The molecule has 0 fully saturated rings. The number of carbonyl (C=O) groups is 1. The molecule has 1 aliphatic rings. The zero-order valence-corrected chi connectivity index (χ0v) is 12.5. The van der Waals surface area contributed by atoms with Gasteiger partial charge in [-0.15, -0.1) is 0 Å². The number of carbonyl (C=O) groups excluding carboxylic acids is 1. The summed E-state index contributed by atoms with van der Waals surface area (Å²) < 4.78 is 5.60. The second kappa shape index (κ2) is 6.27. The molecule has 1 amide bonds. The largest absolute Gasteiger partial charge is 0.493 e. The summed E-state index contributed by atoms with van der Waals surface area (Å²) in [5, 5.41) is 6.37. The maximum atomic E-state index is 12.1. The summed E-state index contributed by atoms with van der Waals surface area (Å²) in [6, 6.07) is 7.95. The second-order valence-corrected chi connectivity index (χ2v) is 5.89. The third-order valence-corrected chi connectivity index (χ3v) is 3.91. The smallest absolute Gasteiger partial charge is 0.234 e. The SMILES string of the molecule is CCC(C)(C)NCC(=O)NC1CCOc2ccccc21. The lowest BCUT2D eigenvalue weighted by Gasteiger charge is -2.28. The number of rotatable bonds is 5. The fraction of sp³-hybridized carbons (Fsp3) is 0.562. The number of ether oxygens (including phenoxy) is 1. The van der Waals surface area contributed by atoms with E-state index in [-0.39, 0.29) is 17.5 Å². The van der Waals surface area contributed by atoms with Gasteiger partial charge in [0.05, 0.1) is 19.2 Å². The molecule has 0 spiro atoms. The highest BCUT2D eigenvalue weighted by molar-refractivity contribution is 5.78. The molecule has 20 heavy (non-hydrogen) atoms. The summed E-state index contributed by atoms with van der Waals surface area (Å²) in [6.45, 7) is 7.31. The van der Waals surface area contributed by atoms with Gasteiger partial charge in [-0.25, -0.2) is 0 Å². The van der Waals surface area contributed by atoms with E-state index in [1.165, 1.54) is 0 Å². The Kier molecular flexibility index (Phi) is 4.65. The van der Waals surface area contributed by atoms with Crippen molar-refractivity contribution in [3.05, 3.63) is 29.8 Å². The van der Waals surface area contributed by atoms with Gasteiger partial charge in [0.1, 0.15) is 5.75 Å². The number of nitrogens with one attached hydrogen (secondary N) is 2. The third-order valence-electron chi connectivity index (χ3n) is 3.91. The van der Waals surface area contributed by atoms with Gasteiger partial charge in [0.25, 0.3) is 0 Å². The van der Waals surface area contributed by atoms with Crippen LogP contribution in [0.4, 0.5) is 0 Å². The molecule has 4 nitrogen and oxygen atoms in total. The van der Waals surface area contributed by atoms with Crippen LogP contribution < -0.4 is 15.4 Å². The lowest BCUT2D eigenvalue weighted by Crippen LogP contribution is -2.45. The topological polar surface area (TPSA) is 50.4 Å². The van der Waals surface area contributed by atoms with Crippen LogP contribution in [0.3, 0.4) is 0 Å². The minimum Gasteiger partial charge on any atom is -0.493 e. The van der Waals surface area contributed by atoms with Crippen molar-refractivity contribution in [1.82, 2.24) is 10.6 Å². The first-order chi connectivity index (χ1) is 9.52. The van der Waals surface area contributed by atoms with Gasteiger partial charge in [-0.3, -0.25) is 4.79 Å². The average Bonchev–Trinajstić information content (AvgIpc) is 2.46. The number of hydrogen-bond acceptors (Lipinski definition) is 3. The average molecular weight is 276 g/mol. The summed E-state index contributed by atoms with van der Waals surface area (Å²) in [6.07, 6.45) is 1.81. The molecule has 0 saturated heterocycles. The maximum absolute atomic E-state index is 12.1. The fourth-order valence-corrected chi connectivity index (χ4v) is 2.18. The minimum atomic E-state index is -0.00900. The van der Waals surface area contributed by atoms with Gasteiger partial charge in [-0.2, -0.15) is 0 Å². The van der Waals surface area contributed by atoms with Gasteiger partial charge < -0.3 is 15.4 Å². The van der Waals surface area contributed by atoms with Crippen LogP contribution in [-0.4, -0.2) is 24.6 Å². The van der Waals surface area contributed by atoms with Gasteiger partial charge >= 0.3 is 0 Å². The summed E-state index contributed by atoms with van der Waals surface area (Å²) in [5.74, 6) is 0.916. The van der Waals surface area contributed by atoms with Crippen molar-refractivity contribution in [2.45, 2.75) is 45.2 Å². The molecule has 2 N–H and O–H groups in total. The first-order valence-electron chi connectivity index (χ1n) is 7.28. The van der Waals surface area contributed by atoms with E-state index in [1.807, 2.05) is 24.3 Å². The molecule has 0 aromatic heterocycles. The number of hydrogen-bond donors (Lipinski definition) is 2. The van der Waals surface area contributed by atoms with Crippen LogP contribution in [0.25, 0.3) is 0 Å². The van der Waals surface area contributed by atoms with Crippen molar-refractivity contribution < 1.29 is 9.53 Å². The molecule has 0 bridgehead atoms. The predicted molar refractivity (Wildman–Crippen MR) is 79.8 cm³/mol. The first kappa shape index (κ1) is 14.9. The predicted octanol–water partition coefficient (Wildman–Crippen LogP) is 2.40. The van der Waals surface area contributed by atoms with E-state index < -0.39 is 0 Å². The maximum Gasteiger partial charge on any atom is 0.234 e. The Bertz CT molecular complexity index is 471. The third kappa shape index (κ3) is 3.73. The Labute approximate surface area is 120 Å². The van der Waals surface area contributed by atoms with Gasteiger partial charge in [0.15, 0.2) is 0 Å². The van der Waals surface area contributed by atoms with E-state index in [0.717, 1.165) is 24.2 Å². The highest BCUT2D eigenvalue weighted by atomic mass is 16.5. The number of benzene rings is 1. The highest BCUT2D eigenvalue weighted by Gasteiger charge is 2.23. The van der Waals surface area contributed by atoms with Crippen LogP contribution in [0.1, 0.15) is 45.2 Å². The Balaban J connectivity index is 1.93. The molecule has 0 radical (unpaired) electrons. The highest BCUT2D eigenvalue weighted by Crippen LogP contribution is 2.31. The molecular weight excluding hydrogens is 252 g/mol. The summed E-state index contributed by atoms with van der Waals surface area (Å²) in [5.41, 5.74) is 1.06. The van der Waals surface area contributed by atoms with E-state index in [9.17, 15) is 4.79 Å². The molecule has 2 rings (SSSR count). The molecular formula is C16H24N2O2. The van der Waals surface area contributed by atoms with E-state index >= 15 is 0 Å². The van der Waals surface area contributed by atoms with E-state index in [1.54, 1.807) is 0 Å². The van der Waals surface area contributed by atoms with Gasteiger partial charge in [0.2, 0.25) is 5.91 Å². The van der Waals surface area contributed by atoms with Crippen LogP contribution in [-0.2, 0) is 4.79 Å². The zero-order valence-electron chi connectivity index (χ0n) is 12.5. The number of amides is 1. The second-order valence-electron chi connectivity index (χ2n) is 5.89. The summed E-state index contributed by atoms with van der Waals surface area (Å²) >= 11 is 0. The molecule has 1 unspecified atom stereocenters. The number of para-hydroxylation sites is 1. The van der Waals surface area contributed by atoms with E-state index in [0.29, 0.717) is 13.2 Å². The van der Waals surface area contributed by atoms with Crippen molar-refractivity contribution in [3.63, 3.8) is 0 Å². The van der Waals surface area contributed by atoms with Crippen molar-refractivity contribution in [1.29, 1.82) is 0 Å². The Morgan fingerprint density at radius 2 is 2.15 bits per heavy atom. The van der Waals surface area contributed by atoms with E-state index in [4.69, 9.17) is 4.74 Å². The molecule has 0 aliphatic carbocycles. The van der Waals surface area contributed by atoms with Crippen molar-refractivity contribution in [2.75, 3.05) is 13.2 Å². The van der Waals surface area contributed by atoms with Crippen molar-refractivity contribution in [3.8, 4) is 5.75 Å². The Morgan fingerprint density at radius 1 is 1.40 bits per heavy atom. The normalized spacial score (nSPS) is 18.1. The molecule has 1 aromatic rings. The zero-order chi connectivity index (χ0) is 14.6. The summed E-state index contributed by atoms with van der Waals surface area (Å²) in [4.78, 5) is 12.1.